The minimum absolute atomic E-state index is 0.0238. The first-order valence-electron chi connectivity index (χ1n) is 9.68. The Kier molecular flexibility index (Phi) is 8.06. The van der Waals surface area contributed by atoms with Crippen LogP contribution in [-0.4, -0.2) is 27.1 Å². The summed E-state index contributed by atoms with van der Waals surface area (Å²) >= 11 is 18.3. The summed E-state index contributed by atoms with van der Waals surface area (Å²) in [5.74, 6) is -0.245. The van der Waals surface area contributed by atoms with E-state index in [4.69, 9.17) is 34.8 Å². The quantitative estimate of drug-likeness (QED) is 0.429. The minimum Gasteiger partial charge on any atom is -0.352 e. The topological polar surface area (TPSA) is 66.5 Å². The van der Waals surface area contributed by atoms with Crippen molar-refractivity contribution in [2.24, 2.45) is 0 Å². The van der Waals surface area contributed by atoms with Crippen molar-refractivity contribution >= 4 is 56.4 Å². The molecule has 3 aromatic rings. The first kappa shape index (κ1) is 24.4. The van der Waals surface area contributed by atoms with Crippen molar-refractivity contribution in [2.45, 2.75) is 13.0 Å². The number of benzene rings is 3. The van der Waals surface area contributed by atoms with Crippen LogP contribution in [0.4, 0.5) is 5.69 Å². The molecule has 3 rings (SSSR count). The molecule has 3 aromatic carbocycles. The lowest BCUT2D eigenvalue weighted by Crippen LogP contribution is -2.30. The zero-order valence-electron chi connectivity index (χ0n) is 17.2. The van der Waals surface area contributed by atoms with Crippen molar-refractivity contribution in [1.29, 1.82) is 0 Å². The Labute approximate surface area is 203 Å². The summed E-state index contributed by atoms with van der Waals surface area (Å²) in [6, 6.07) is 18.8. The first-order chi connectivity index (χ1) is 15.1. The summed E-state index contributed by atoms with van der Waals surface area (Å²) in [6.07, 6.45) is 1.77. The number of rotatable bonds is 8. The van der Waals surface area contributed by atoms with E-state index in [-0.39, 0.29) is 12.5 Å². The maximum absolute atomic E-state index is 12.4. The van der Waals surface area contributed by atoms with Crippen LogP contribution in [0.3, 0.4) is 0 Å². The number of hydrogen-bond donors (Lipinski definition) is 1. The fourth-order valence-corrected chi connectivity index (χ4v) is 4.59. The Morgan fingerprint density at radius 2 is 1.50 bits per heavy atom. The van der Waals surface area contributed by atoms with Crippen LogP contribution in [0.15, 0.2) is 66.7 Å². The van der Waals surface area contributed by atoms with Crippen molar-refractivity contribution in [3.8, 4) is 0 Å². The van der Waals surface area contributed by atoms with Crippen LogP contribution in [-0.2, 0) is 23.0 Å². The maximum Gasteiger partial charge on any atom is 0.251 e. The molecule has 0 aromatic heterocycles. The fraction of sp³-hybridized carbons (Fsp3) is 0.174. The minimum atomic E-state index is -3.62. The van der Waals surface area contributed by atoms with Crippen LogP contribution in [0.5, 0.6) is 0 Å². The lowest BCUT2D eigenvalue weighted by Gasteiger charge is -2.23. The summed E-state index contributed by atoms with van der Waals surface area (Å²) in [5, 5.41) is 4.28. The molecule has 0 aliphatic carbocycles. The van der Waals surface area contributed by atoms with Crippen molar-refractivity contribution in [1.82, 2.24) is 5.32 Å². The van der Waals surface area contributed by atoms with Crippen LogP contribution in [0.25, 0.3) is 0 Å². The zero-order chi connectivity index (χ0) is 23.3. The van der Waals surface area contributed by atoms with E-state index in [0.717, 1.165) is 11.8 Å². The van der Waals surface area contributed by atoms with Gasteiger partial charge in [0.15, 0.2) is 0 Å². The third-order valence-electron chi connectivity index (χ3n) is 4.79. The van der Waals surface area contributed by atoms with Gasteiger partial charge in [0.05, 0.1) is 18.5 Å². The van der Waals surface area contributed by atoms with Gasteiger partial charge in [-0.1, -0.05) is 53.0 Å². The van der Waals surface area contributed by atoms with E-state index in [0.29, 0.717) is 44.8 Å². The van der Waals surface area contributed by atoms with Gasteiger partial charge in [0, 0.05) is 32.7 Å². The molecule has 0 saturated heterocycles. The average molecular weight is 512 g/mol. The zero-order valence-corrected chi connectivity index (χ0v) is 20.3. The van der Waals surface area contributed by atoms with Crippen molar-refractivity contribution in [2.75, 3.05) is 17.1 Å². The Hall–Kier alpha value is -2.25. The number of carbonyl (C=O) groups is 1. The molecule has 0 saturated carbocycles. The predicted molar refractivity (Wildman–Crippen MR) is 131 cm³/mol. The highest BCUT2D eigenvalue weighted by Crippen LogP contribution is 2.29. The van der Waals surface area contributed by atoms with Gasteiger partial charge in [-0.2, -0.15) is 0 Å². The van der Waals surface area contributed by atoms with Gasteiger partial charge in [-0.3, -0.25) is 9.10 Å². The van der Waals surface area contributed by atoms with Gasteiger partial charge in [-0.25, -0.2) is 8.42 Å². The molecular weight excluding hydrogens is 491 g/mol. The third-order valence-corrected chi connectivity index (χ3v) is 6.89. The predicted octanol–water partition coefficient (Wildman–Crippen LogP) is 5.59. The number of carbonyl (C=O) groups excluding carboxylic acids is 1. The molecule has 0 aliphatic heterocycles. The van der Waals surface area contributed by atoms with E-state index in [1.165, 1.54) is 4.31 Å². The fourth-order valence-electron chi connectivity index (χ4n) is 3.08. The normalized spacial score (nSPS) is 11.2. The van der Waals surface area contributed by atoms with E-state index < -0.39 is 10.0 Å². The van der Waals surface area contributed by atoms with Crippen molar-refractivity contribution in [3.05, 3.63) is 98.5 Å². The first-order valence-corrected chi connectivity index (χ1v) is 12.7. The number of amides is 1. The number of nitrogens with one attached hydrogen (secondary N) is 1. The molecule has 32 heavy (non-hydrogen) atoms. The second-order valence-corrected chi connectivity index (χ2v) is 10.3. The largest absolute Gasteiger partial charge is 0.352 e. The summed E-state index contributed by atoms with van der Waals surface area (Å²) in [6.45, 7) is 0.437. The number of hydrogen-bond acceptors (Lipinski definition) is 3. The summed E-state index contributed by atoms with van der Waals surface area (Å²) in [5.41, 5.74) is 2.40. The summed E-state index contributed by atoms with van der Waals surface area (Å²) in [4.78, 5) is 12.4. The Balaban J connectivity index is 1.70. The van der Waals surface area contributed by atoms with Crippen LogP contribution >= 0.6 is 34.8 Å². The van der Waals surface area contributed by atoms with E-state index in [2.05, 4.69) is 5.32 Å². The molecule has 0 spiro atoms. The van der Waals surface area contributed by atoms with E-state index >= 15 is 0 Å². The van der Waals surface area contributed by atoms with Gasteiger partial charge >= 0.3 is 0 Å². The van der Waals surface area contributed by atoms with Gasteiger partial charge in [-0.05, 0) is 60.5 Å². The van der Waals surface area contributed by atoms with Crippen LogP contribution in [0, 0.1) is 0 Å². The standard InChI is InChI=1S/C23H21Cl3N2O3S/c1-32(30,31)28(15-20-21(25)3-2-4-22(20)26)19-11-7-17(8-12-19)23(29)27-14-13-16-5-9-18(24)10-6-16/h2-12H,13-15H2,1H3,(H,27,29). The molecule has 0 radical (unpaired) electrons. The third kappa shape index (κ3) is 6.39. The molecule has 0 aliphatic rings. The van der Waals surface area contributed by atoms with Gasteiger partial charge in [0.25, 0.3) is 5.91 Å². The molecule has 9 heteroatoms. The molecule has 0 fully saturated rings. The highest BCUT2D eigenvalue weighted by molar-refractivity contribution is 7.92. The lowest BCUT2D eigenvalue weighted by molar-refractivity contribution is 0.0954. The highest BCUT2D eigenvalue weighted by Gasteiger charge is 2.21. The molecular formula is C23H21Cl3N2O3S. The number of halogens is 3. The Morgan fingerprint density at radius 3 is 2.06 bits per heavy atom. The van der Waals surface area contributed by atoms with Crippen molar-refractivity contribution in [3.63, 3.8) is 0 Å². The molecule has 0 atom stereocenters. The number of nitrogens with zero attached hydrogens (tertiary/aromatic N) is 1. The smallest absolute Gasteiger partial charge is 0.251 e. The molecule has 0 bridgehead atoms. The second kappa shape index (κ2) is 10.6. The van der Waals surface area contributed by atoms with Crippen molar-refractivity contribution < 1.29 is 13.2 Å². The molecule has 0 heterocycles. The SMILES string of the molecule is CS(=O)(=O)N(Cc1c(Cl)cccc1Cl)c1ccc(C(=O)NCCc2ccc(Cl)cc2)cc1. The second-order valence-electron chi connectivity index (χ2n) is 7.15. The molecule has 0 unspecified atom stereocenters. The molecule has 5 nitrogen and oxygen atoms in total. The average Bonchev–Trinajstić information content (AvgIpc) is 2.74. The van der Waals surface area contributed by atoms with Crippen LogP contribution in [0.2, 0.25) is 15.1 Å². The van der Waals surface area contributed by atoms with Crippen LogP contribution in [0.1, 0.15) is 21.5 Å². The molecule has 168 valence electrons. The number of anilines is 1. The maximum atomic E-state index is 12.4. The Bertz CT molecular complexity index is 1180. The van der Waals surface area contributed by atoms with E-state index in [1.54, 1.807) is 54.6 Å². The van der Waals surface area contributed by atoms with Crippen LogP contribution < -0.4 is 9.62 Å². The van der Waals surface area contributed by atoms with Gasteiger partial charge in [-0.15, -0.1) is 0 Å². The molecule has 1 amide bonds. The molecule has 1 N–H and O–H groups in total. The summed E-state index contributed by atoms with van der Waals surface area (Å²) in [7, 11) is -3.62. The van der Waals surface area contributed by atoms with Gasteiger partial charge < -0.3 is 5.32 Å². The van der Waals surface area contributed by atoms with Gasteiger partial charge in [0.2, 0.25) is 10.0 Å². The monoisotopic (exact) mass is 510 g/mol. The number of sulfonamides is 1. The highest BCUT2D eigenvalue weighted by atomic mass is 35.5. The van der Waals surface area contributed by atoms with E-state index in [1.807, 2.05) is 12.1 Å². The summed E-state index contributed by atoms with van der Waals surface area (Å²) < 4.78 is 26.1. The van der Waals surface area contributed by atoms with Gasteiger partial charge in [0.1, 0.15) is 0 Å². The lowest BCUT2D eigenvalue weighted by atomic mass is 10.1. The van der Waals surface area contributed by atoms with E-state index in [9.17, 15) is 13.2 Å². The Morgan fingerprint density at radius 1 is 0.906 bits per heavy atom.